The summed E-state index contributed by atoms with van der Waals surface area (Å²) in [6.45, 7) is 1.78. The van der Waals surface area contributed by atoms with Crippen molar-refractivity contribution < 1.29 is 9.84 Å². The van der Waals surface area contributed by atoms with E-state index in [0.29, 0.717) is 0 Å². The number of hydrogen-bond acceptors (Lipinski definition) is 3. The molecule has 1 aliphatic rings. The van der Waals surface area contributed by atoms with E-state index in [1.54, 1.807) is 0 Å². The van der Waals surface area contributed by atoms with Gasteiger partial charge in [-0.25, -0.2) is 0 Å². The van der Waals surface area contributed by atoms with Crippen molar-refractivity contribution in [1.82, 2.24) is 5.32 Å². The van der Waals surface area contributed by atoms with Crippen molar-refractivity contribution in [3.05, 3.63) is 30.3 Å². The maximum atomic E-state index is 9.85. The Kier molecular flexibility index (Phi) is 3.59. The van der Waals surface area contributed by atoms with Crippen LogP contribution in [-0.4, -0.2) is 30.4 Å². The number of ether oxygens (including phenoxy) is 1. The van der Waals surface area contributed by atoms with Gasteiger partial charge in [-0.1, -0.05) is 18.2 Å². The number of benzene rings is 1. The second-order valence-corrected chi connectivity index (χ2v) is 3.86. The zero-order chi connectivity index (χ0) is 10.5. The average Bonchev–Trinajstić information content (AvgIpc) is 2.46. The Morgan fingerprint density at radius 2 is 1.87 bits per heavy atom. The number of hydrogen-bond donors (Lipinski definition) is 2. The summed E-state index contributed by atoms with van der Waals surface area (Å²) in [6, 6.07) is 9.68. The van der Waals surface area contributed by atoms with Gasteiger partial charge in [-0.15, -0.1) is 0 Å². The normalized spacial score (nSPS) is 27.0. The van der Waals surface area contributed by atoms with Gasteiger partial charge in [0.2, 0.25) is 0 Å². The molecule has 2 rings (SSSR count). The fourth-order valence-corrected chi connectivity index (χ4v) is 1.81. The third-order valence-electron chi connectivity index (χ3n) is 2.68. The molecule has 2 atom stereocenters. The molecule has 1 aromatic carbocycles. The molecule has 0 aromatic heterocycles. The third-order valence-corrected chi connectivity index (χ3v) is 2.68. The van der Waals surface area contributed by atoms with Gasteiger partial charge in [-0.3, -0.25) is 0 Å². The summed E-state index contributed by atoms with van der Waals surface area (Å²) in [6.07, 6.45) is 1.18. The van der Waals surface area contributed by atoms with Crippen LogP contribution in [0.2, 0.25) is 0 Å². The molecule has 3 nitrogen and oxygen atoms in total. The zero-order valence-electron chi connectivity index (χ0n) is 8.73. The third kappa shape index (κ3) is 2.94. The lowest BCUT2D eigenvalue weighted by atomic mass is 10.1. The molecule has 1 heterocycles. The molecule has 82 valence electrons. The highest BCUT2D eigenvalue weighted by atomic mass is 16.5. The van der Waals surface area contributed by atoms with Crippen LogP contribution in [0.1, 0.15) is 12.8 Å². The van der Waals surface area contributed by atoms with Crippen LogP contribution in [0.25, 0.3) is 0 Å². The summed E-state index contributed by atoms with van der Waals surface area (Å²) >= 11 is 0. The molecule has 0 saturated carbocycles. The number of rotatable bonds is 2. The number of nitrogens with one attached hydrogen (secondary N) is 1. The van der Waals surface area contributed by atoms with Crippen molar-refractivity contribution in [3.8, 4) is 5.75 Å². The highest BCUT2D eigenvalue weighted by Crippen LogP contribution is 2.16. The molecule has 0 spiro atoms. The molecule has 3 heteroatoms. The summed E-state index contributed by atoms with van der Waals surface area (Å²) in [7, 11) is 0. The van der Waals surface area contributed by atoms with E-state index in [0.717, 1.165) is 31.7 Å². The largest absolute Gasteiger partial charge is 0.488 e. The first-order valence-corrected chi connectivity index (χ1v) is 5.47. The zero-order valence-corrected chi connectivity index (χ0v) is 8.73. The van der Waals surface area contributed by atoms with E-state index >= 15 is 0 Å². The van der Waals surface area contributed by atoms with Gasteiger partial charge in [0.15, 0.2) is 0 Å². The van der Waals surface area contributed by atoms with Crippen LogP contribution in [0.4, 0.5) is 0 Å². The Bertz CT molecular complexity index is 289. The Morgan fingerprint density at radius 1 is 1.13 bits per heavy atom. The van der Waals surface area contributed by atoms with E-state index in [-0.39, 0.29) is 12.2 Å². The first-order chi connectivity index (χ1) is 7.36. The smallest absolute Gasteiger partial charge is 0.126 e. The molecule has 0 amide bonds. The molecular weight excluding hydrogens is 190 g/mol. The van der Waals surface area contributed by atoms with Crippen LogP contribution >= 0.6 is 0 Å². The lowest BCUT2D eigenvalue weighted by molar-refractivity contribution is 0.0350. The summed E-state index contributed by atoms with van der Waals surface area (Å²) in [4.78, 5) is 0. The molecule has 0 aliphatic carbocycles. The Labute approximate surface area is 90.1 Å². The van der Waals surface area contributed by atoms with Gasteiger partial charge in [-0.05, 0) is 38.1 Å². The van der Waals surface area contributed by atoms with Crippen molar-refractivity contribution >= 4 is 0 Å². The second-order valence-electron chi connectivity index (χ2n) is 3.86. The Balaban J connectivity index is 1.97. The minimum absolute atomic E-state index is 0.0811. The van der Waals surface area contributed by atoms with Crippen molar-refractivity contribution in [2.24, 2.45) is 0 Å². The second kappa shape index (κ2) is 5.14. The molecular formula is C12H17NO2. The lowest BCUT2D eigenvalue weighted by Crippen LogP contribution is -2.31. The van der Waals surface area contributed by atoms with Crippen LogP contribution in [0.5, 0.6) is 5.75 Å². The summed E-state index contributed by atoms with van der Waals surface area (Å²) in [5, 5.41) is 13.1. The van der Waals surface area contributed by atoms with E-state index in [2.05, 4.69) is 5.32 Å². The topological polar surface area (TPSA) is 41.5 Å². The van der Waals surface area contributed by atoms with Gasteiger partial charge in [0, 0.05) is 0 Å². The fourth-order valence-electron chi connectivity index (χ4n) is 1.81. The average molecular weight is 207 g/mol. The van der Waals surface area contributed by atoms with Gasteiger partial charge in [0.05, 0.1) is 6.10 Å². The lowest BCUT2D eigenvalue weighted by Gasteiger charge is -2.21. The molecule has 0 bridgehead atoms. The van der Waals surface area contributed by atoms with E-state index in [1.807, 2.05) is 30.3 Å². The molecule has 1 saturated heterocycles. The van der Waals surface area contributed by atoms with E-state index in [1.165, 1.54) is 0 Å². The monoisotopic (exact) mass is 207 g/mol. The number of aliphatic hydroxyl groups is 1. The summed E-state index contributed by atoms with van der Waals surface area (Å²) in [5.41, 5.74) is 0. The molecule has 1 fully saturated rings. The molecule has 2 N–H and O–H groups in total. The van der Waals surface area contributed by atoms with E-state index < -0.39 is 0 Å². The first kappa shape index (κ1) is 10.5. The molecule has 1 aliphatic heterocycles. The quantitative estimate of drug-likeness (QED) is 0.765. The van der Waals surface area contributed by atoms with Crippen molar-refractivity contribution in [2.45, 2.75) is 25.0 Å². The molecule has 15 heavy (non-hydrogen) atoms. The number of para-hydroxylation sites is 1. The van der Waals surface area contributed by atoms with Gasteiger partial charge in [0.25, 0.3) is 0 Å². The molecule has 1 aromatic rings. The van der Waals surface area contributed by atoms with Crippen molar-refractivity contribution in [1.29, 1.82) is 0 Å². The standard InChI is InChI=1S/C12H17NO2/c14-11-6-8-13-9-7-12(11)15-10-4-2-1-3-5-10/h1-5,11-14H,6-9H2/t11-,12-/m0/s1. The summed E-state index contributed by atoms with van der Waals surface area (Å²) < 4.78 is 5.76. The van der Waals surface area contributed by atoms with Crippen LogP contribution in [0, 0.1) is 0 Å². The van der Waals surface area contributed by atoms with Crippen molar-refractivity contribution in [3.63, 3.8) is 0 Å². The minimum Gasteiger partial charge on any atom is -0.488 e. The van der Waals surface area contributed by atoms with Crippen LogP contribution in [-0.2, 0) is 0 Å². The van der Waals surface area contributed by atoms with Crippen molar-refractivity contribution in [2.75, 3.05) is 13.1 Å². The van der Waals surface area contributed by atoms with Gasteiger partial charge in [-0.2, -0.15) is 0 Å². The highest BCUT2D eigenvalue weighted by Gasteiger charge is 2.22. The maximum absolute atomic E-state index is 9.85. The predicted octanol–water partition coefficient (Wildman–Crippen LogP) is 1.18. The van der Waals surface area contributed by atoms with Crippen LogP contribution < -0.4 is 10.1 Å². The minimum atomic E-state index is -0.361. The molecule has 0 radical (unpaired) electrons. The van der Waals surface area contributed by atoms with Gasteiger partial charge >= 0.3 is 0 Å². The van der Waals surface area contributed by atoms with Crippen LogP contribution in [0.3, 0.4) is 0 Å². The fraction of sp³-hybridized carbons (Fsp3) is 0.500. The molecule has 0 unspecified atom stereocenters. The first-order valence-electron chi connectivity index (χ1n) is 5.47. The predicted molar refractivity (Wildman–Crippen MR) is 59.0 cm³/mol. The van der Waals surface area contributed by atoms with Gasteiger partial charge in [0.1, 0.15) is 11.9 Å². The maximum Gasteiger partial charge on any atom is 0.126 e. The van der Waals surface area contributed by atoms with E-state index in [4.69, 9.17) is 4.74 Å². The van der Waals surface area contributed by atoms with Crippen LogP contribution in [0.15, 0.2) is 30.3 Å². The Hall–Kier alpha value is -1.06. The summed E-state index contributed by atoms with van der Waals surface area (Å²) in [5.74, 6) is 0.837. The van der Waals surface area contributed by atoms with Gasteiger partial charge < -0.3 is 15.2 Å². The Morgan fingerprint density at radius 3 is 2.67 bits per heavy atom. The SMILES string of the molecule is O[C@H]1CCNCC[C@@H]1Oc1ccccc1. The number of aliphatic hydroxyl groups excluding tert-OH is 1. The highest BCUT2D eigenvalue weighted by molar-refractivity contribution is 5.21. The van der Waals surface area contributed by atoms with E-state index in [9.17, 15) is 5.11 Å².